The maximum Gasteiger partial charge on any atom is 0.377 e. The first kappa shape index (κ1) is 7.14. The van der Waals surface area contributed by atoms with Gasteiger partial charge in [0.15, 0.2) is 5.51 Å². The zero-order valence-corrected chi connectivity index (χ0v) is 6.22. The molecule has 0 spiro atoms. The minimum absolute atomic E-state index is 0.00694. The fourth-order valence-electron chi connectivity index (χ4n) is 0.655. The molecule has 1 aromatic rings. The molecule has 0 N–H and O–H groups in total. The zero-order valence-electron chi connectivity index (χ0n) is 5.40. The molecule has 0 atom stereocenters. The fourth-order valence-corrected chi connectivity index (χ4v) is 1.33. The minimum atomic E-state index is -0.449. The van der Waals surface area contributed by atoms with Crippen LogP contribution in [0.15, 0.2) is 5.51 Å². The van der Waals surface area contributed by atoms with Crippen molar-refractivity contribution in [2.24, 2.45) is 0 Å². The molecule has 0 saturated carbocycles. The molecule has 0 fully saturated rings. The summed E-state index contributed by atoms with van der Waals surface area (Å²) in [6.07, 6.45) is 0.682. The Morgan fingerprint density at radius 3 is 3.00 bits per heavy atom. The van der Waals surface area contributed by atoms with Gasteiger partial charge in [-0.2, -0.15) is 0 Å². The molecule has 0 unspecified atom stereocenters. The molecule has 0 saturated heterocycles. The van der Waals surface area contributed by atoms with Gasteiger partial charge in [0.2, 0.25) is 0 Å². The van der Waals surface area contributed by atoms with Crippen molar-refractivity contribution in [3.63, 3.8) is 0 Å². The smallest absolute Gasteiger partial charge is 0.358 e. The zero-order chi connectivity index (χ0) is 7.56. The van der Waals surface area contributed by atoms with Crippen molar-refractivity contribution in [3.05, 3.63) is 20.5 Å². The van der Waals surface area contributed by atoms with E-state index in [0.717, 1.165) is 4.88 Å². The third-order valence-corrected chi connectivity index (χ3v) is 2.08. The summed E-state index contributed by atoms with van der Waals surface area (Å²) in [5.74, 6) is 0.00694. The van der Waals surface area contributed by atoms with E-state index in [2.05, 4.69) is 4.98 Å². The number of aryl methyl sites for hydroxylation is 1. The Labute approximate surface area is 61.7 Å². The van der Waals surface area contributed by atoms with Crippen LogP contribution in [0.5, 0.6) is 0 Å². The van der Waals surface area contributed by atoms with Gasteiger partial charge in [-0.25, -0.2) is 0 Å². The lowest BCUT2D eigenvalue weighted by molar-refractivity contribution is -0.389. The fraction of sp³-hybridized carbons (Fsp3) is 0.400. The Kier molecular flexibility index (Phi) is 1.96. The molecule has 1 aromatic heterocycles. The summed E-state index contributed by atoms with van der Waals surface area (Å²) in [6.45, 7) is 1.88. The summed E-state index contributed by atoms with van der Waals surface area (Å²) in [4.78, 5) is 14.1. The number of nitrogens with zero attached hydrogens (tertiary/aromatic N) is 2. The molecule has 0 aliphatic heterocycles. The Morgan fingerprint density at radius 2 is 2.60 bits per heavy atom. The second-order valence-electron chi connectivity index (χ2n) is 1.71. The molecule has 1 heterocycles. The molecule has 0 bridgehead atoms. The van der Waals surface area contributed by atoms with E-state index in [0.29, 0.717) is 6.42 Å². The second-order valence-corrected chi connectivity index (χ2v) is 2.65. The highest BCUT2D eigenvalue weighted by Gasteiger charge is 2.14. The van der Waals surface area contributed by atoms with Crippen LogP contribution in [0, 0.1) is 10.1 Å². The van der Waals surface area contributed by atoms with E-state index in [1.54, 1.807) is 0 Å². The molecule has 0 aliphatic carbocycles. The van der Waals surface area contributed by atoms with E-state index in [4.69, 9.17) is 0 Å². The van der Waals surface area contributed by atoms with Crippen molar-refractivity contribution in [2.75, 3.05) is 0 Å². The van der Waals surface area contributed by atoms with E-state index in [-0.39, 0.29) is 5.82 Å². The monoisotopic (exact) mass is 158 g/mol. The molecule has 1 rings (SSSR count). The first-order chi connectivity index (χ1) is 4.75. The van der Waals surface area contributed by atoms with E-state index in [1.165, 1.54) is 16.8 Å². The summed E-state index contributed by atoms with van der Waals surface area (Å²) in [6, 6.07) is 0. The van der Waals surface area contributed by atoms with Crippen molar-refractivity contribution in [1.29, 1.82) is 0 Å². The average Bonchev–Trinajstić information content (AvgIpc) is 2.33. The maximum absolute atomic E-state index is 10.2. The van der Waals surface area contributed by atoms with Gasteiger partial charge in [0, 0.05) is 0 Å². The number of nitro groups is 1. The minimum Gasteiger partial charge on any atom is -0.358 e. The average molecular weight is 158 g/mol. The lowest BCUT2D eigenvalue weighted by atomic mass is 10.4. The standard InChI is InChI=1S/C5H6N2O2S/c1-2-4-5(7(8)9)6-3-10-4/h3H,2H2,1H3. The number of aromatic nitrogens is 1. The Bertz CT molecular complexity index is 246. The number of hydrogen-bond donors (Lipinski definition) is 0. The van der Waals surface area contributed by atoms with Gasteiger partial charge in [0.05, 0.1) is 0 Å². The van der Waals surface area contributed by atoms with Gasteiger partial charge in [0.25, 0.3) is 0 Å². The molecule has 4 nitrogen and oxygen atoms in total. The van der Waals surface area contributed by atoms with Gasteiger partial charge in [0.1, 0.15) is 4.88 Å². The number of rotatable bonds is 2. The number of thiazole rings is 1. The van der Waals surface area contributed by atoms with Crippen LogP contribution >= 0.6 is 11.3 Å². The predicted octanol–water partition coefficient (Wildman–Crippen LogP) is 1.61. The SMILES string of the molecule is CCc1scnc1[N+](=O)[O-]. The lowest BCUT2D eigenvalue weighted by Gasteiger charge is -1.89. The molecule has 0 radical (unpaired) electrons. The molecule has 5 heteroatoms. The third kappa shape index (κ3) is 1.13. The summed E-state index contributed by atoms with van der Waals surface area (Å²) >= 11 is 1.33. The van der Waals surface area contributed by atoms with Crippen LogP contribution in [-0.2, 0) is 6.42 Å². The van der Waals surface area contributed by atoms with Crippen molar-refractivity contribution in [2.45, 2.75) is 13.3 Å². The van der Waals surface area contributed by atoms with Gasteiger partial charge in [-0.3, -0.25) is 0 Å². The summed E-state index contributed by atoms with van der Waals surface area (Å²) < 4.78 is 0. The Morgan fingerprint density at radius 1 is 1.90 bits per heavy atom. The van der Waals surface area contributed by atoms with Gasteiger partial charge in [-0.15, -0.1) is 0 Å². The number of hydrogen-bond acceptors (Lipinski definition) is 4. The van der Waals surface area contributed by atoms with E-state index in [9.17, 15) is 10.1 Å². The third-order valence-electron chi connectivity index (χ3n) is 1.11. The van der Waals surface area contributed by atoms with Crippen LogP contribution in [-0.4, -0.2) is 9.91 Å². The van der Waals surface area contributed by atoms with Gasteiger partial charge >= 0.3 is 5.82 Å². The molecule has 10 heavy (non-hydrogen) atoms. The molecular formula is C5H6N2O2S. The van der Waals surface area contributed by atoms with Gasteiger partial charge in [-0.1, -0.05) is 18.3 Å². The first-order valence-corrected chi connectivity index (χ1v) is 3.70. The van der Waals surface area contributed by atoms with Crippen LogP contribution in [0.2, 0.25) is 0 Å². The quantitative estimate of drug-likeness (QED) is 0.485. The van der Waals surface area contributed by atoms with Crippen LogP contribution in [0.25, 0.3) is 0 Å². The lowest BCUT2D eigenvalue weighted by Crippen LogP contribution is -1.90. The molecule has 0 aromatic carbocycles. The highest BCUT2D eigenvalue weighted by atomic mass is 32.1. The van der Waals surface area contributed by atoms with Crippen LogP contribution in [0.4, 0.5) is 5.82 Å². The van der Waals surface area contributed by atoms with Crippen molar-refractivity contribution >= 4 is 17.2 Å². The summed E-state index contributed by atoms with van der Waals surface area (Å²) in [5, 5.41) is 10.2. The maximum atomic E-state index is 10.2. The van der Waals surface area contributed by atoms with Gasteiger partial charge < -0.3 is 10.1 Å². The van der Waals surface area contributed by atoms with Crippen molar-refractivity contribution in [3.8, 4) is 0 Å². The largest absolute Gasteiger partial charge is 0.377 e. The molecule has 0 amide bonds. The predicted molar refractivity (Wildman–Crippen MR) is 38.1 cm³/mol. The first-order valence-electron chi connectivity index (χ1n) is 2.82. The molecule has 54 valence electrons. The van der Waals surface area contributed by atoms with Crippen LogP contribution in [0.3, 0.4) is 0 Å². The molecule has 0 aliphatic rings. The Balaban J connectivity index is 3.01. The highest BCUT2D eigenvalue weighted by molar-refractivity contribution is 7.10. The topological polar surface area (TPSA) is 56.0 Å². The molecular weight excluding hydrogens is 152 g/mol. The van der Waals surface area contributed by atoms with Crippen LogP contribution in [0.1, 0.15) is 11.8 Å². The van der Waals surface area contributed by atoms with Crippen LogP contribution < -0.4 is 0 Å². The van der Waals surface area contributed by atoms with E-state index >= 15 is 0 Å². The van der Waals surface area contributed by atoms with E-state index in [1.807, 2.05) is 6.92 Å². The van der Waals surface area contributed by atoms with Crippen molar-refractivity contribution < 1.29 is 4.92 Å². The Hall–Kier alpha value is -0.970. The second kappa shape index (κ2) is 2.74. The summed E-state index contributed by atoms with van der Waals surface area (Å²) in [7, 11) is 0. The van der Waals surface area contributed by atoms with E-state index < -0.39 is 4.92 Å². The normalized spacial score (nSPS) is 9.70. The highest BCUT2D eigenvalue weighted by Crippen LogP contribution is 2.20. The van der Waals surface area contributed by atoms with Crippen molar-refractivity contribution in [1.82, 2.24) is 4.98 Å². The van der Waals surface area contributed by atoms with Gasteiger partial charge in [-0.05, 0) is 16.3 Å². The summed E-state index contributed by atoms with van der Waals surface area (Å²) in [5.41, 5.74) is 1.50.